The fraction of sp³-hybridized carbons (Fsp3) is 0.0769. The van der Waals surface area contributed by atoms with Crippen LogP contribution in [-0.4, -0.2) is 37.8 Å². The molecule has 0 bridgehead atoms. The first-order valence-corrected chi connectivity index (χ1v) is 7.04. The van der Waals surface area contributed by atoms with Crippen molar-refractivity contribution in [3.05, 3.63) is 52.7 Å². The lowest BCUT2D eigenvalue weighted by atomic mass is 10.2. The highest BCUT2D eigenvalue weighted by molar-refractivity contribution is 7.02. The van der Waals surface area contributed by atoms with Crippen LogP contribution in [0.5, 0.6) is 0 Å². The van der Waals surface area contributed by atoms with Gasteiger partial charge in [-0.2, -0.15) is 4.99 Å². The zero-order valence-electron chi connectivity index (χ0n) is 11.4. The summed E-state index contributed by atoms with van der Waals surface area (Å²) < 4.78 is 5.28. The monoisotopic (exact) mass is 314 g/mol. The molecule has 0 radical (unpaired) electrons. The van der Waals surface area contributed by atoms with Gasteiger partial charge >= 0.3 is 0 Å². The maximum absolute atomic E-state index is 12.1. The predicted octanol–water partition coefficient (Wildman–Crippen LogP) is 0.287. The SMILES string of the molecule is CNC(=O)c1ncn2c(=NC(=O)c3ccccc3)snnc12. The molecule has 0 unspecified atom stereocenters. The standard InChI is InChI=1S/C13H10N6O2S/c1-14-12(21)9-10-17-18-22-13(19(10)7-15-9)16-11(20)8-5-3-2-4-6-8/h2-7H,1H3,(H,14,21). The quantitative estimate of drug-likeness (QED) is 0.732. The molecule has 0 saturated heterocycles. The predicted molar refractivity (Wildman–Crippen MR) is 78.4 cm³/mol. The van der Waals surface area contributed by atoms with Gasteiger partial charge in [0.1, 0.15) is 6.33 Å². The Labute approximate surface area is 128 Å². The lowest BCUT2D eigenvalue weighted by molar-refractivity contribution is 0.0958. The van der Waals surface area contributed by atoms with Crippen molar-refractivity contribution in [2.75, 3.05) is 7.05 Å². The van der Waals surface area contributed by atoms with Gasteiger partial charge in [0.2, 0.25) is 4.80 Å². The van der Waals surface area contributed by atoms with Crippen LogP contribution in [0.1, 0.15) is 20.8 Å². The third-order valence-electron chi connectivity index (χ3n) is 2.87. The van der Waals surface area contributed by atoms with E-state index in [1.807, 2.05) is 6.07 Å². The molecular weight excluding hydrogens is 304 g/mol. The summed E-state index contributed by atoms with van der Waals surface area (Å²) in [4.78, 5) is 32.1. The highest BCUT2D eigenvalue weighted by Gasteiger charge is 2.15. The summed E-state index contributed by atoms with van der Waals surface area (Å²) in [5.41, 5.74) is 0.843. The summed E-state index contributed by atoms with van der Waals surface area (Å²) in [6, 6.07) is 8.68. The van der Waals surface area contributed by atoms with E-state index in [2.05, 4.69) is 24.9 Å². The van der Waals surface area contributed by atoms with Crippen LogP contribution in [0.3, 0.4) is 0 Å². The molecule has 0 saturated carbocycles. The number of imidazole rings is 1. The van der Waals surface area contributed by atoms with E-state index in [4.69, 9.17) is 0 Å². The molecule has 0 atom stereocenters. The van der Waals surface area contributed by atoms with E-state index in [1.165, 1.54) is 17.8 Å². The second kappa shape index (κ2) is 5.82. The Balaban J connectivity index is 2.12. The van der Waals surface area contributed by atoms with Gasteiger partial charge in [-0.25, -0.2) is 4.98 Å². The number of nitrogens with zero attached hydrogens (tertiary/aromatic N) is 5. The smallest absolute Gasteiger partial charge is 0.279 e. The molecule has 0 aliphatic rings. The fourth-order valence-corrected chi connectivity index (χ4v) is 2.34. The summed E-state index contributed by atoms with van der Waals surface area (Å²) in [6.07, 6.45) is 1.39. The second-order valence-electron chi connectivity index (χ2n) is 4.20. The van der Waals surface area contributed by atoms with E-state index >= 15 is 0 Å². The number of hydrogen-bond donors (Lipinski definition) is 1. The molecule has 0 fully saturated rings. The van der Waals surface area contributed by atoms with E-state index in [-0.39, 0.29) is 17.2 Å². The van der Waals surface area contributed by atoms with Gasteiger partial charge in [0.05, 0.1) is 0 Å². The summed E-state index contributed by atoms with van der Waals surface area (Å²) in [5, 5.41) is 6.36. The van der Waals surface area contributed by atoms with Gasteiger partial charge in [-0.1, -0.05) is 22.7 Å². The molecule has 2 heterocycles. The van der Waals surface area contributed by atoms with Crippen molar-refractivity contribution in [2.45, 2.75) is 0 Å². The number of nitrogens with one attached hydrogen (secondary N) is 1. The highest BCUT2D eigenvalue weighted by Crippen LogP contribution is 2.04. The van der Waals surface area contributed by atoms with Gasteiger partial charge in [-0.3, -0.25) is 14.0 Å². The highest BCUT2D eigenvalue weighted by atomic mass is 32.1. The van der Waals surface area contributed by atoms with Crippen LogP contribution in [0, 0.1) is 0 Å². The molecule has 9 heteroatoms. The number of aromatic nitrogens is 4. The fourth-order valence-electron chi connectivity index (χ4n) is 1.80. The van der Waals surface area contributed by atoms with E-state index in [0.717, 1.165) is 11.5 Å². The average molecular weight is 314 g/mol. The molecule has 2 amide bonds. The van der Waals surface area contributed by atoms with E-state index in [1.54, 1.807) is 24.3 Å². The summed E-state index contributed by atoms with van der Waals surface area (Å²) in [7, 11) is 1.50. The summed E-state index contributed by atoms with van der Waals surface area (Å²) in [6.45, 7) is 0. The Bertz CT molecular complexity index is 915. The van der Waals surface area contributed by atoms with Gasteiger partial charge < -0.3 is 5.32 Å². The first-order valence-electron chi connectivity index (χ1n) is 6.26. The molecule has 3 rings (SSSR count). The number of hydrogen-bond acceptors (Lipinski definition) is 6. The largest absolute Gasteiger partial charge is 0.354 e. The van der Waals surface area contributed by atoms with E-state index in [0.29, 0.717) is 10.4 Å². The van der Waals surface area contributed by atoms with Crippen LogP contribution >= 0.6 is 11.5 Å². The molecule has 1 N–H and O–H groups in total. The maximum atomic E-state index is 12.1. The Morgan fingerprint density at radius 1 is 1.27 bits per heavy atom. The zero-order valence-corrected chi connectivity index (χ0v) is 12.2. The molecule has 22 heavy (non-hydrogen) atoms. The lowest BCUT2D eigenvalue weighted by Crippen LogP contribution is -2.20. The topological polar surface area (TPSA) is 102 Å². The molecule has 2 aromatic heterocycles. The van der Waals surface area contributed by atoms with Gasteiger partial charge in [0.25, 0.3) is 11.8 Å². The molecule has 1 aromatic carbocycles. The lowest BCUT2D eigenvalue weighted by Gasteiger charge is -1.96. The molecule has 3 aromatic rings. The third kappa shape index (κ3) is 2.49. The number of carbonyl (C=O) groups excluding carboxylic acids is 2. The van der Waals surface area contributed by atoms with Crippen molar-refractivity contribution in [1.29, 1.82) is 0 Å². The summed E-state index contributed by atoms with van der Waals surface area (Å²) >= 11 is 0.940. The van der Waals surface area contributed by atoms with Crippen LogP contribution in [0.4, 0.5) is 0 Å². The number of benzene rings is 1. The van der Waals surface area contributed by atoms with Crippen LogP contribution < -0.4 is 10.1 Å². The second-order valence-corrected chi connectivity index (χ2v) is 4.92. The van der Waals surface area contributed by atoms with Crippen molar-refractivity contribution >= 4 is 29.0 Å². The summed E-state index contributed by atoms with van der Waals surface area (Å²) in [5.74, 6) is -0.783. The minimum Gasteiger partial charge on any atom is -0.354 e. The van der Waals surface area contributed by atoms with Crippen LogP contribution in [0.25, 0.3) is 5.65 Å². The maximum Gasteiger partial charge on any atom is 0.279 e. The number of fused-ring (bicyclic) bond motifs is 1. The van der Waals surface area contributed by atoms with E-state index < -0.39 is 5.91 Å². The van der Waals surface area contributed by atoms with Gasteiger partial charge in [0, 0.05) is 24.1 Å². The molecule has 110 valence electrons. The molecule has 0 aliphatic carbocycles. The van der Waals surface area contributed by atoms with Crippen molar-refractivity contribution in [3.63, 3.8) is 0 Å². The molecule has 8 nitrogen and oxygen atoms in total. The van der Waals surface area contributed by atoms with Crippen molar-refractivity contribution in [1.82, 2.24) is 24.3 Å². The number of rotatable bonds is 2. The first-order chi connectivity index (χ1) is 10.7. The van der Waals surface area contributed by atoms with Crippen molar-refractivity contribution in [2.24, 2.45) is 4.99 Å². The minimum absolute atomic E-state index is 0.131. The van der Waals surface area contributed by atoms with Crippen molar-refractivity contribution in [3.8, 4) is 0 Å². The van der Waals surface area contributed by atoms with Crippen LogP contribution in [0.2, 0.25) is 0 Å². The van der Waals surface area contributed by atoms with Crippen molar-refractivity contribution < 1.29 is 9.59 Å². The van der Waals surface area contributed by atoms with Gasteiger partial charge in [0.15, 0.2) is 11.3 Å². The van der Waals surface area contributed by atoms with Gasteiger partial charge in [-0.05, 0) is 12.1 Å². The van der Waals surface area contributed by atoms with E-state index in [9.17, 15) is 9.59 Å². The number of carbonyl (C=O) groups is 2. The normalized spacial score (nSPS) is 11.6. The minimum atomic E-state index is -0.402. The van der Waals surface area contributed by atoms with Crippen LogP contribution in [0.15, 0.2) is 41.7 Å². The van der Waals surface area contributed by atoms with Gasteiger partial charge in [-0.15, -0.1) is 5.10 Å². The molecule has 0 aliphatic heterocycles. The Hall–Kier alpha value is -2.94. The molecule has 0 spiro atoms. The Kier molecular flexibility index (Phi) is 3.71. The first kappa shape index (κ1) is 14.0. The Morgan fingerprint density at radius 2 is 2.05 bits per heavy atom. The third-order valence-corrected chi connectivity index (χ3v) is 3.48. The Morgan fingerprint density at radius 3 is 2.77 bits per heavy atom. The molecular formula is C13H10N6O2S. The van der Waals surface area contributed by atoms with Crippen LogP contribution in [-0.2, 0) is 0 Å². The average Bonchev–Trinajstić information content (AvgIpc) is 3.00. The zero-order chi connectivity index (χ0) is 15.5. The number of amides is 2.